The van der Waals surface area contributed by atoms with Crippen molar-refractivity contribution in [2.24, 2.45) is 5.73 Å². The van der Waals surface area contributed by atoms with Gasteiger partial charge in [0.05, 0.1) is 0 Å². The molecule has 4 N–H and O–H groups in total. The van der Waals surface area contributed by atoms with Crippen LogP contribution in [0.3, 0.4) is 0 Å². The maximum Gasteiger partial charge on any atom is 0.320 e. The lowest BCUT2D eigenvalue weighted by Crippen LogP contribution is -2.32. The molecule has 2 heterocycles. The van der Waals surface area contributed by atoms with Gasteiger partial charge in [-0.3, -0.25) is 9.78 Å². The molecule has 0 bridgehead atoms. The van der Waals surface area contributed by atoms with Gasteiger partial charge in [0.2, 0.25) is 0 Å². The van der Waals surface area contributed by atoms with Crippen molar-refractivity contribution in [2.45, 2.75) is 12.5 Å². The molecule has 1 aromatic carbocycles. The molecule has 5 heteroatoms. The number of pyridine rings is 1. The Kier molecular flexibility index (Phi) is 5.06. The minimum Gasteiger partial charge on any atom is -0.480 e. The van der Waals surface area contributed by atoms with E-state index in [4.69, 9.17) is 10.8 Å². The SMILES string of the molecule is N[C@@H](Cc1c[nH]c2ccccc12)C(=O)O.c1ccncc1. The number of nitrogens with two attached hydrogens (primary N) is 1. The molecule has 3 rings (SSSR count). The number of para-hydroxylation sites is 1. The Morgan fingerprint density at radius 3 is 2.48 bits per heavy atom. The average molecular weight is 283 g/mol. The first-order valence-corrected chi connectivity index (χ1v) is 6.57. The highest BCUT2D eigenvalue weighted by atomic mass is 16.4. The van der Waals surface area contributed by atoms with Crippen LogP contribution < -0.4 is 5.73 Å². The lowest BCUT2D eigenvalue weighted by atomic mass is 10.1. The quantitative estimate of drug-likeness (QED) is 0.687. The molecule has 0 fully saturated rings. The number of nitrogens with zero attached hydrogens (tertiary/aromatic N) is 1. The summed E-state index contributed by atoms with van der Waals surface area (Å²) in [6.45, 7) is 0. The van der Waals surface area contributed by atoms with Gasteiger partial charge in [-0.25, -0.2) is 0 Å². The Morgan fingerprint density at radius 1 is 1.19 bits per heavy atom. The van der Waals surface area contributed by atoms with E-state index in [1.54, 1.807) is 12.4 Å². The second-order valence-corrected chi connectivity index (χ2v) is 4.53. The van der Waals surface area contributed by atoms with E-state index in [1.807, 2.05) is 48.7 Å². The van der Waals surface area contributed by atoms with E-state index in [0.29, 0.717) is 6.42 Å². The van der Waals surface area contributed by atoms with Crippen LogP contribution in [0, 0.1) is 0 Å². The van der Waals surface area contributed by atoms with Crippen molar-refractivity contribution in [3.05, 3.63) is 66.6 Å². The van der Waals surface area contributed by atoms with Crippen molar-refractivity contribution in [2.75, 3.05) is 0 Å². The first kappa shape index (κ1) is 14.7. The van der Waals surface area contributed by atoms with Crippen LogP contribution in [0.4, 0.5) is 0 Å². The summed E-state index contributed by atoms with van der Waals surface area (Å²) in [6, 6.07) is 12.6. The zero-order chi connectivity index (χ0) is 15.1. The zero-order valence-corrected chi connectivity index (χ0v) is 11.4. The van der Waals surface area contributed by atoms with Gasteiger partial charge in [-0.15, -0.1) is 0 Å². The number of benzene rings is 1. The summed E-state index contributed by atoms with van der Waals surface area (Å²) in [5.74, 6) is -0.972. The number of aliphatic carboxylic acids is 1. The number of hydrogen-bond acceptors (Lipinski definition) is 3. The van der Waals surface area contributed by atoms with Gasteiger partial charge >= 0.3 is 5.97 Å². The van der Waals surface area contributed by atoms with E-state index in [0.717, 1.165) is 16.5 Å². The van der Waals surface area contributed by atoms with Crippen molar-refractivity contribution < 1.29 is 9.90 Å². The van der Waals surface area contributed by atoms with Crippen LogP contribution in [-0.4, -0.2) is 27.1 Å². The molecule has 3 aromatic rings. The second-order valence-electron chi connectivity index (χ2n) is 4.53. The van der Waals surface area contributed by atoms with Gasteiger partial charge < -0.3 is 15.8 Å². The summed E-state index contributed by atoms with van der Waals surface area (Å²) in [6.07, 6.45) is 5.66. The number of aromatic amines is 1. The number of carbonyl (C=O) groups is 1. The lowest BCUT2D eigenvalue weighted by Gasteiger charge is -2.04. The normalized spacial score (nSPS) is 11.5. The Bertz CT molecular complexity index is 668. The Morgan fingerprint density at radius 2 is 1.90 bits per heavy atom. The summed E-state index contributed by atoms with van der Waals surface area (Å²) in [5, 5.41) is 9.75. The van der Waals surface area contributed by atoms with E-state index in [-0.39, 0.29) is 0 Å². The van der Waals surface area contributed by atoms with Crippen molar-refractivity contribution in [1.82, 2.24) is 9.97 Å². The number of H-pyrrole nitrogens is 1. The molecule has 0 saturated carbocycles. The standard InChI is InChI=1S/C11H12N2O2.C5H5N/c12-9(11(14)15)5-7-6-13-10-4-2-1-3-8(7)10;1-2-4-6-5-3-1/h1-4,6,9,13H,5,12H2,(H,14,15);1-5H/t9-;/m0./s1. The van der Waals surface area contributed by atoms with E-state index in [2.05, 4.69) is 9.97 Å². The number of carboxylic acids is 1. The van der Waals surface area contributed by atoms with Crippen molar-refractivity contribution >= 4 is 16.9 Å². The molecule has 5 nitrogen and oxygen atoms in total. The van der Waals surface area contributed by atoms with E-state index < -0.39 is 12.0 Å². The third-order valence-corrected chi connectivity index (χ3v) is 3.00. The van der Waals surface area contributed by atoms with Crippen LogP contribution in [0.25, 0.3) is 10.9 Å². The molecule has 0 unspecified atom stereocenters. The maximum atomic E-state index is 10.6. The minimum atomic E-state index is -0.972. The van der Waals surface area contributed by atoms with Crippen molar-refractivity contribution in [3.8, 4) is 0 Å². The molecular weight excluding hydrogens is 266 g/mol. The molecular formula is C16H17N3O2. The third kappa shape index (κ3) is 4.15. The zero-order valence-electron chi connectivity index (χ0n) is 11.4. The minimum absolute atomic E-state index is 0.347. The summed E-state index contributed by atoms with van der Waals surface area (Å²) in [5.41, 5.74) is 7.43. The topological polar surface area (TPSA) is 92.0 Å². The van der Waals surface area contributed by atoms with Crippen LogP contribution >= 0.6 is 0 Å². The van der Waals surface area contributed by atoms with Gasteiger partial charge in [-0.05, 0) is 23.8 Å². The first-order chi connectivity index (χ1) is 10.2. The fourth-order valence-corrected chi connectivity index (χ4v) is 1.94. The van der Waals surface area contributed by atoms with E-state index >= 15 is 0 Å². The Hall–Kier alpha value is -2.66. The van der Waals surface area contributed by atoms with Gasteiger partial charge in [-0.1, -0.05) is 24.3 Å². The molecule has 0 aliphatic rings. The van der Waals surface area contributed by atoms with Crippen LogP contribution in [0.1, 0.15) is 5.56 Å². The molecule has 1 atom stereocenters. The number of fused-ring (bicyclic) bond motifs is 1. The Labute approximate surface area is 122 Å². The second kappa shape index (κ2) is 7.21. The number of aromatic nitrogens is 2. The lowest BCUT2D eigenvalue weighted by molar-refractivity contribution is -0.138. The summed E-state index contributed by atoms with van der Waals surface area (Å²) >= 11 is 0. The van der Waals surface area contributed by atoms with E-state index in [9.17, 15) is 4.79 Å². The highest BCUT2D eigenvalue weighted by Gasteiger charge is 2.14. The van der Waals surface area contributed by atoms with Crippen LogP contribution in [0.5, 0.6) is 0 Å². The van der Waals surface area contributed by atoms with Crippen molar-refractivity contribution in [1.29, 1.82) is 0 Å². The van der Waals surface area contributed by atoms with Gasteiger partial charge in [0.25, 0.3) is 0 Å². The third-order valence-electron chi connectivity index (χ3n) is 3.00. The molecule has 2 aromatic heterocycles. The maximum absolute atomic E-state index is 10.6. The monoisotopic (exact) mass is 283 g/mol. The number of hydrogen-bond donors (Lipinski definition) is 3. The summed E-state index contributed by atoms with van der Waals surface area (Å²) in [4.78, 5) is 17.5. The number of carboxylic acid groups (broad SMARTS) is 1. The van der Waals surface area contributed by atoms with Gasteiger partial charge in [0.1, 0.15) is 6.04 Å². The fraction of sp³-hybridized carbons (Fsp3) is 0.125. The number of rotatable bonds is 3. The predicted molar refractivity (Wildman–Crippen MR) is 81.9 cm³/mol. The van der Waals surface area contributed by atoms with Crippen molar-refractivity contribution in [3.63, 3.8) is 0 Å². The summed E-state index contributed by atoms with van der Waals surface area (Å²) in [7, 11) is 0. The van der Waals surface area contributed by atoms with Gasteiger partial charge in [-0.2, -0.15) is 0 Å². The van der Waals surface area contributed by atoms with Gasteiger partial charge in [0, 0.05) is 35.9 Å². The molecule has 0 aliphatic carbocycles. The molecule has 0 aliphatic heterocycles. The molecule has 108 valence electrons. The first-order valence-electron chi connectivity index (χ1n) is 6.57. The van der Waals surface area contributed by atoms with Gasteiger partial charge in [0.15, 0.2) is 0 Å². The molecule has 0 amide bonds. The largest absolute Gasteiger partial charge is 0.480 e. The number of nitrogens with one attached hydrogen (secondary N) is 1. The highest BCUT2D eigenvalue weighted by molar-refractivity contribution is 5.84. The highest BCUT2D eigenvalue weighted by Crippen LogP contribution is 2.18. The molecule has 21 heavy (non-hydrogen) atoms. The average Bonchev–Trinajstić information content (AvgIpc) is 2.93. The molecule has 0 radical (unpaired) electrons. The Balaban J connectivity index is 0.000000225. The van der Waals surface area contributed by atoms with Crippen LogP contribution in [0.15, 0.2) is 61.1 Å². The molecule has 0 saturated heterocycles. The molecule has 0 spiro atoms. The van der Waals surface area contributed by atoms with Crippen LogP contribution in [-0.2, 0) is 11.2 Å². The van der Waals surface area contributed by atoms with Crippen LogP contribution in [0.2, 0.25) is 0 Å². The smallest absolute Gasteiger partial charge is 0.320 e. The predicted octanol–water partition coefficient (Wildman–Crippen LogP) is 2.20. The van der Waals surface area contributed by atoms with E-state index in [1.165, 1.54) is 0 Å². The fourth-order valence-electron chi connectivity index (χ4n) is 1.94. The summed E-state index contributed by atoms with van der Waals surface area (Å²) < 4.78 is 0.